The lowest BCUT2D eigenvalue weighted by molar-refractivity contribution is -0.148. The van der Waals surface area contributed by atoms with Gasteiger partial charge in [0.15, 0.2) is 0 Å². The van der Waals surface area contributed by atoms with Crippen molar-refractivity contribution in [2.45, 2.75) is 51.6 Å². The predicted octanol–water partition coefficient (Wildman–Crippen LogP) is 4.61. The second-order valence-corrected chi connectivity index (χ2v) is 6.03. The minimum atomic E-state index is -4.09. The van der Waals surface area contributed by atoms with Crippen molar-refractivity contribution in [2.75, 3.05) is 25.0 Å². The number of nitrogens with zero attached hydrogens (tertiary/aromatic N) is 1. The zero-order valence-electron chi connectivity index (χ0n) is 11.0. The molecule has 0 aromatic carbocycles. The Balaban J connectivity index is 2.63. The Morgan fingerprint density at radius 1 is 1.11 bits per heavy atom. The summed E-state index contributed by atoms with van der Waals surface area (Å²) in [7, 11) is 0. The molecule has 0 unspecified atom stereocenters. The van der Waals surface area contributed by atoms with E-state index in [1.165, 1.54) is 12.8 Å². The third-order valence-corrected chi connectivity index (χ3v) is 5.05. The molecule has 1 nitrogen and oxygen atoms in total. The molecule has 18 heavy (non-hydrogen) atoms. The second kappa shape index (κ2) is 7.13. The summed E-state index contributed by atoms with van der Waals surface area (Å²) in [5.41, 5.74) is 0.0394. The maximum absolute atomic E-state index is 12.5. The van der Waals surface area contributed by atoms with Gasteiger partial charge >= 0.3 is 6.18 Å². The third-order valence-electron chi connectivity index (χ3n) is 3.86. The summed E-state index contributed by atoms with van der Waals surface area (Å²) in [5, 5.41) is 0.814. The molecule has 1 rings (SSSR count). The highest BCUT2D eigenvalue weighted by Crippen LogP contribution is 2.37. The van der Waals surface area contributed by atoms with E-state index >= 15 is 0 Å². The smallest absolute Gasteiger partial charge is 0.295 e. The van der Waals surface area contributed by atoms with Gasteiger partial charge in [0, 0.05) is 11.9 Å². The molecule has 0 aromatic rings. The molecule has 0 aromatic heterocycles. The Morgan fingerprint density at radius 3 is 2.06 bits per heavy atom. The van der Waals surface area contributed by atoms with Crippen LogP contribution in [0.5, 0.6) is 0 Å². The average molecular weight is 330 g/mol. The normalized spacial score (nSPS) is 21.0. The first-order valence-electron chi connectivity index (χ1n) is 6.76. The summed E-state index contributed by atoms with van der Waals surface area (Å²) >= 11 is 3.53. The van der Waals surface area contributed by atoms with Gasteiger partial charge in [-0.2, -0.15) is 13.2 Å². The fraction of sp³-hybridized carbons (Fsp3) is 1.00. The Bertz CT molecular complexity index is 235. The summed E-state index contributed by atoms with van der Waals surface area (Å²) < 4.78 is 37.5. The van der Waals surface area contributed by atoms with Crippen molar-refractivity contribution in [1.82, 2.24) is 4.90 Å². The van der Waals surface area contributed by atoms with Crippen LogP contribution in [0.1, 0.15) is 45.4 Å². The lowest BCUT2D eigenvalue weighted by atomic mass is 9.82. The van der Waals surface area contributed by atoms with Crippen LogP contribution in [0.25, 0.3) is 0 Å². The summed E-state index contributed by atoms with van der Waals surface area (Å²) in [6.45, 7) is 2.06. The highest BCUT2D eigenvalue weighted by molar-refractivity contribution is 9.09. The minimum absolute atomic E-state index is 0.0394. The van der Waals surface area contributed by atoms with Gasteiger partial charge in [-0.1, -0.05) is 48.5 Å². The molecular formula is C13H23BrF3N. The van der Waals surface area contributed by atoms with Gasteiger partial charge in [0.2, 0.25) is 0 Å². The summed E-state index contributed by atoms with van der Waals surface area (Å²) in [6, 6.07) is 0. The van der Waals surface area contributed by atoms with Gasteiger partial charge in [0.05, 0.1) is 6.54 Å². The Hall–Kier alpha value is 0.230. The molecule has 0 aliphatic heterocycles. The summed E-state index contributed by atoms with van der Waals surface area (Å²) in [4.78, 5) is 1.55. The Kier molecular flexibility index (Phi) is 6.45. The van der Waals surface area contributed by atoms with Crippen molar-refractivity contribution in [3.05, 3.63) is 0 Å². The fourth-order valence-corrected chi connectivity index (χ4v) is 3.56. The Labute approximate surface area is 116 Å². The quantitative estimate of drug-likeness (QED) is 0.526. The van der Waals surface area contributed by atoms with Gasteiger partial charge in [-0.25, -0.2) is 0 Å². The molecule has 5 heteroatoms. The molecule has 0 N–H and O–H groups in total. The van der Waals surface area contributed by atoms with Crippen molar-refractivity contribution in [3.8, 4) is 0 Å². The highest BCUT2D eigenvalue weighted by Gasteiger charge is 2.36. The highest BCUT2D eigenvalue weighted by atomic mass is 79.9. The van der Waals surface area contributed by atoms with Gasteiger partial charge < -0.3 is 0 Å². The number of rotatable bonds is 5. The number of halogens is 4. The molecule has 1 aliphatic carbocycles. The van der Waals surface area contributed by atoms with Crippen molar-refractivity contribution < 1.29 is 13.2 Å². The first kappa shape index (κ1) is 16.3. The molecule has 0 spiro atoms. The first-order chi connectivity index (χ1) is 8.41. The third kappa shape index (κ3) is 5.47. The standard InChI is InChI=1S/C13H23BrF3N/c1-2-18(11-13(15,16)17)10-12(9-14)7-5-3-4-6-8-12/h2-11H2,1H3. The average Bonchev–Trinajstić information content (AvgIpc) is 2.52. The lowest BCUT2D eigenvalue weighted by Crippen LogP contribution is -2.43. The zero-order chi connectivity index (χ0) is 13.6. The van der Waals surface area contributed by atoms with Gasteiger partial charge in [-0.15, -0.1) is 0 Å². The van der Waals surface area contributed by atoms with E-state index in [1.54, 1.807) is 4.90 Å². The molecule has 0 saturated heterocycles. The molecule has 0 heterocycles. The summed E-state index contributed by atoms with van der Waals surface area (Å²) in [6.07, 6.45) is 2.75. The van der Waals surface area contributed by atoms with Crippen LogP contribution in [-0.2, 0) is 0 Å². The topological polar surface area (TPSA) is 3.24 Å². The number of hydrogen-bond acceptors (Lipinski definition) is 1. The molecule has 1 saturated carbocycles. The molecule has 0 bridgehead atoms. The van der Waals surface area contributed by atoms with Gasteiger partial charge in [0.25, 0.3) is 0 Å². The van der Waals surface area contributed by atoms with E-state index in [-0.39, 0.29) is 5.41 Å². The Morgan fingerprint density at radius 2 is 1.67 bits per heavy atom. The molecule has 1 fully saturated rings. The van der Waals surface area contributed by atoms with Crippen LogP contribution >= 0.6 is 15.9 Å². The van der Waals surface area contributed by atoms with Gasteiger partial charge in [0.1, 0.15) is 0 Å². The zero-order valence-corrected chi connectivity index (χ0v) is 12.6. The van der Waals surface area contributed by atoms with Gasteiger partial charge in [-0.3, -0.25) is 4.90 Å². The second-order valence-electron chi connectivity index (χ2n) is 5.47. The lowest BCUT2D eigenvalue weighted by Gasteiger charge is -2.36. The monoisotopic (exact) mass is 329 g/mol. The van der Waals surface area contributed by atoms with E-state index in [0.717, 1.165) is 31.0 Å². The molecule has 0 radical (unpaired) electrons. The van der Waals surface area contributed by atoms with Crippen molar-refractivity contribution >= 4 is 15.9 Å². The van der Waals surface area contributed by atoms with Crippen molar-refractivity contribution in [2.24, 2.45) is 5.41 Å². The fourth-order valence-electron chi connectivity index (χ4n) is 2.82. The molecule has 1 aliphatic rings. The van der Waals surface area contributed by atoms with Crippen LogP contribution in [0, 0.1) is 5.41 Å². The largest absolute Gasteiger partial charge is 0.401 e. The molecule has 108 valence electrons. The van der Waals surface area contributed by atoms with Crippen molar-refractivity contribution in [1.29, 1.82) is 0 Å². The van der Waals surface area contributed by atoms with Crippen LogP contribution in [0.4, 0.5) is 13.2 Å². The molecule has 0 amide bonds. The maximum Gasteiger partial charge on any atom is 0.401 e. The first-order valence-corrected chi connectivity index (χ1v) is 7.88. The van der Waals surface area contributed by atoms with E-state index in [4.69, 9.17) is 0 Å². The number of hydrogen-bond donors (Lipinski definition) is 0. The van der Waals surface area contributed by atoms with Crippen LogP contribution in [0.2, 0.25) is 0 Å². The van der Waals surface area contributed by atoms with E-state index in [0.29, 0.717) is 13.1 Å². The van der Waals surface area contributed by atoms with E-state index in [2.05, 4.69) is 15.9 Å². The van der Waals surface area contributed by atoms with Crippen LogP contribution in [-0.4, -0.2) is 36.0 Å². The van der Waals surface area contributed by atoms with Crippen LogP contribution < -0.4 is 0 Å². The van der Waals surface area contributed by atoms with Crippen molar-refractivity contribution in [3.63, 3.8) is 0 Å². The van der Waals surface area contributed by atoms with Crippen LogP contribution in [0.15, 0.2) is 0 Å². The minimum Gasteiger partial charge on any atom is -0.295 e. The molecule has 0 atom stereocenters. The van der Waals surface area contributed by atoms with E-state index in [9.17, 15) is 13.2 Å². The van der Waals surface area contributed by atoms with Crippen LogP contribution in [0.3, 0.4) is 0 Å². The van der Waals surface area contributed by atoms with Gasteiger partial charge in [-0.05, 0) is 24.8 Å². The van der Waals surface area contributed by atoms with E-state index < -0.39 is 12.7 Å². The predicted molar refractivity (Wildman–Crippen MR) is 72.1 cm³/mol. The maximum atomic E-state index is 12.5. The van der Waals surface area contributed by atoms with E-state index in [1.807, 2.05) is 6.92 Å². The SMILES string of the molecule is CCN(CC(F)(F)F)CC1(CBr)CCCCCC1. The summed E-state index contributed by atoms with van der Waals surface area (Å²) in [5.74, 6) is 0. The molecular weight excluding hydrogens is 307 g/mol. The number of alkyl halides is 4.